The molecule has 0 saturated carbocycles. The average molecular weight is 157 g/mol. The molecular weight excluding hydrogens is 148 g/mol. The van der Waals surface area contributed by atoms with E-state index >= 15 is 0 Å². The zero-order valence-electron chi connectivity index (χ0n) is 5.79. The molecule has 0 aliphatic carbocycles. The molecule has 1 rings (SSSR count). The summed E-state index contributed by atoms with van der Waals surface area (Å²) in [6.45, 7) is 5.65. The van der Waals surface area contributed by atoms with Gasteiger partial charge in [-0.3, -0.25) is 0 Å². The third kappa shape index (κ3) is 1.21. The summed E-state index contributed by atoms with van der Waals surface area (Å²) in [5.41, 5.74) is 0. The van der Waals surface area contributed by atoms with E-state index < -0.39 is 0 Å². The highest BCUT2D eigenvalue weighted by molar-refractivity contribution is 6.28. The van der Waals surface area contributed by atoms with Crippen LogP contribution in [0.3, 0.4) is 0 Å². The Bertz CT molecular complexity index is 229. The van der Waals surface area contributed by atoms with Crippen molar-refractivity contribution >= 4 is 11.6 Å². The topological polar surface area (TPSA) is 17.8 Å². The Morgan fingerprint density at radius 2 is 2.60 bits per heavy atom. The first-order valence-corrected chi connectivity index (χ1v) is 3.44. The van der Waals surface area contributed by atoms with E-state index in [1.54, 1.807) is 6.20 Å². The third-order valence-electron chi connectivity index (χ3n) is 1.40. The zero-order chi connectivity index (χ0) is 7.56. The van der Waals surface area contributed by atoms with Gasteiger partial charge in [0.05, 0.1) is 6.04 Å². The lowest BCUT2D eigenvalue weighted by Crippen LogP contribution is -1.99. The number of aromatic nitrogens is 2. The molecule has 0 radical (unpaired) electrons. The third-order valence-corrected chi connectivity index (χ3v) is 1.69. The van der Waals surface area contributed by atoms with Crippen molar-refractivity contribution in [2.24, 2.45) is 0 Å². The molecule has 0 bridgehead atoms. The number of hydrogen-bond acceptors (Lipinski definition) is 1. The van der Waals surface area contributed by atoms with Crippen LogP contribution in [0.4, 0.5) is 0 Å². The van der Waals surface area contributed by atoms with Crippen LogP contribution in [0.25, 0.3) is 0 Å². The molecule has 0 saturated heterocycles. The maximum absolute atomic E-state index is 5.72. The van der Waals surface area contributed by atoms with Crippen LogP contribution in [0.2, 0.25) is 5.28 Å². The van der Waals surface area contributed by atoms with Crippen molar-refractivity contribution < 1.29 is 0 Å². The van der Waals surface area contributed by atoms with E-state index in [9.17, 15) is 0 Å². The van der Waals surface area contributed by atoms with Crippen molar-refractivity contribution in [2.75, 3.05) is 0 Å². The fourth-order valence-corrected chi connectivity index (χ4v) is 0.979. The minimum atomic E-state index is 0.218. The number of imidazole rings is 1. The Morgan fingerprint density at radius 1 is 1.90 bits per heavy atom. The molecule has 0 aliphatic rings. The van der Waals surface area contributed by atoms with Crippen molar-refractivity contribution in [2.45, 2.75) is 13.0 Å². The summed E-state index contributed by atoms with van der Waals surface area (Å²) in [7, 11) is 0. The van der Waals surface area contributed by atoms with E-state index in [2.05, 4.69) is 11.6 Å². The second kappa shape index (κ2) is 2.88. The smallest absolute Gasteiger partial charge is 0.203 e. The van der Waals surface area contributed by atoms with E-state index in [0.29, 0.717) is 5.28 Å². The fraction of sp³-hybridized carbons (Fsp3) is 0.286. The fourth-order valence-electron chi connectivity index (χ4n) is 0.712. The first-order chi connectivity index (χ1) is 4.75. The average Bonchev–Trinajstić information content (AvgIpc) is 2.34. The lowest BCUT2D eigenvalue weighted by molar-refractivity contribution is 0.662. The summed E-state index contributed by atoms with van der Waals surface area (Å²) in [6, 6.07) is 0.218. The van der Waals surface area contributed by atoms with Gasteiger partial charge in [0, 0.05) is 12.4 Å². The first-order valence-electron chi connectivity index (χ1n) is 3.06. The van der Waals surface area contributed by atoms with Crippen LogP contribution in [0.5, 0.6) is 0 Å². The highest BCUT2D eigenvalue weighted by Gasteiger charge is 2.02. The Balaban J connectivity index is 2.92. The van der Waals surface area contributed by atoms with E-state index in [-0.39, 0.29) is 6.04 Å². The largest absolute Gasteiger partial charge is 0.315 e. The minimum Gasteiger partial charge on any atom is -0.315 e. The first kappa shape index (κ1) is 7.35. The van der Waals surface area contributed by atoms with Gasteiger partial charge in [-0.15, -0.1) is 6.58 Å². The number of rotatable bonds is 2. The normalized spacial score (nSPS) is 13.0. The molecule has 1 aromatic heterocycles. The molecule has 1 unspecified atom stereocenters. The van der Waals surface area contributed by atoms with Crippen LogP contribution in [-0.4, -0.2) is 9.55 Å². The van der Waals surface area contributed by atoms with Gasteiger partial charge in [-0.05, 0) is 18.5 Å². The summed E-state index contributed by atoms with van der Waals surface area (Å²) in [6.07, 6.45) is 5.31. The lowest BCUT2D eigenvalue weighted by atomic mass is 10.3. The van der Waals surface area contributed by atoms with Crippen molar-refractivity contribution in [3.8, 4) is 0 Å². The second-order valence-corrected chi connectivity index (χ2v) is 2.42. The van der Waals surface area contributed by atoms with Gasteiger partial charge in [-0.2, -0.15) is 0 Å². The molecular formula is C7H9ClN2. The Kier molecular flexibility index (Phi) is 2.12. The van der Waals surface area contributed by atoms with Crippen LogP contribution >= 0.6 is 11.6 Å². The minimum absolute atomic E-state index is 0.218. The molecule has 0 aliphatic heterocycles. The van der Waals surface area contributed by atoms with E-state index in [4.69, 9.17) is 11.6 Å². The van der Waals surface area contributed by atoms with Gasteiger partial charge in [-0.1, -0.05) is 6.08 Å². The number of halogens is 1. The van der Waals surface area contributed by atoms with E-state index in [1.165, 1.54) is 0 Å². The Hall–Kier alpha value is -0.760. The number of nitrogens with zero attached hydrogens (tertiary/aromatic N) is 2. The number of allylic oxidation sites excluding steroid dienone is 1. The lowest BCUT2D eigenvalue weighted by Gasteiger charge is -2.07. The predicted molar refractivity (Wildman–Crippen MR) is 42.1 cm³/mol. The molecule has 0 spiro atoms. The van der Waals surface area contributed by atoms with E-state index in [0.717, 1.165) is 0 Å². The van der Waals surface area contributed by atoms with Gasteiger partial charge < -0.3 is 4.57 Å². The molecule has 0 amide bonds. The molecule has 0 N–H and O–H groups in total. The highest BCUT2D eigenvalue weighted by atomic mass is 35.5. The Labute approximate surface area is 65.1 Å². The maximum Gasteiger partial charge on any atom is 0.203 e. The molecule has 2 nitrogen and oxygen atoms in total. The summed E-state index contributed by atoms with van der Waals surface area (Å²) >= 11 is 5.72. The monoisotopic (exact) mass is 156 g/mol. The summed E-state index contributed by atoms with van der Waals surface area (Å²) in [5.74, 6) is 0. The van der Waals surface area contributed by atoms with Crippen LogP contribution in [0.1, 0.15) is 13.0 Å². The van der Waals surface area contributed by atoms with Crippen molar-refractivity contribution in [1.29, 1.82) is 0 Å². The van der Waals surface area contributed by atoms with Crippen molar-refractivity contribution in [3.05, 3.63) is 30.3 Å². The SMILES string of the molecule is C=CC(C)n1ccnc1Cl. The second-order valence-electron chi connectivity index (χ2n) is 2.08. The molecule has 1 heterocycles. The standard InChI is InChI=1S/C7H9ClN2/c1-3-6(2)10-5-4-9-7(10)8/h3-6H,1H2,2H3. The van der Waals surface area contributed by atoms with Gasteiger partial charge in [0.15, 0.2) is 0 Å². The van der Waals surface area contributed by atoms with Gasteiger partial charge >= 0.3 is 0 Å². The van der Waals surface area contributed by atoms with Crippen LogP contribution in [-0.2, 0) is 0 Å². The summed E-state index contributed by atoms with van der Waals surface area (Å²) < 4.78 is 1.84. The molecule has 10 heavy (non-hydrogen) atoms. The Morgan fingerprint density at radius 3 is 3.00 bits per heavy atom. The molecule has 54 valence electrons. The van der Waals surface area contributed by atoms with Crippen molar-refractivity contribution in [3.63, 3.8) is 0 Å². The van der Waals surface area contributed by atoms with Crippen LogP contribution in [0, 0.1) is 0 Å². The number of hydrogen-bond donors (Lipinski definition) is 0. The quantitative estimate of drug-likeness (QED) is 0.601. The highest BCUT2D eigenvalue weighted by Crippen LogP contribution is 2.13. The van der Waals surface area contributed by atoms with Gasteiger partial charge in [-0.25, -0.2) is 4.98 Å². The zero-order valence-corrected chi connectivity index (χ0v) is 6.54. The maximum atomic E-state index is 5.72. The van der Waals surface area contributed by atoms with Crippen LogP contribution < -0.4 is 0 Å². The van der Waals surface area contributed by atoms with Gasteiger partial charge in [0.25, 0.3) is 0 Å². The summed E-state index contributed by atoms with van der Waals surface area (Å²) in [4.78, 5) is 3.87. The predicted octanol–water partition coefficient (Wildman–Crippen LogP) is 2.28. The van der Waals surface area contributed by atoms with Gasteiger partial charge in [0.1, 0.15) is 0 Å². The molecule has 0 aromatic carbocycles. The molecule has 1 atom stereocenters. The van der Waals surface area contributed by atoms with Crippen LogP contribution in [0.15, 0.2) is 25.0 Å². The van der Waals surface area contributed by atoms with Crippen molar-refractivity contribution in [1.82, 2.24) is 9.55 Å². The molecule has 3 heteroatoms. The molecule has 1 aromatic rings. The van der Waals surface area contributed by atoms with E-state index in [1.807, 2.05) is 23.8 Å². The summed E-state index contributed by atoms with van der Waals surface area (Å²) in [5, 5.41) is 0.507. The molecule has 0 fully saturated rings. The van der Waals surface area contributed by atoms with Gasteiger partial charge in [0.2, 0.25) is 5.28 Å².